The van der Waals surface area contributed by atoms with Gasteiger partial charge >= 0.3 is 6.03 Å². The van der Waals surface area contributed by atoms with Gasteiger partial charge in [-0.2, -0.15) is 0 Å². The third-order valence-electron chi connectivity index (χ3n) is 6.46. The second kappa shape index (κ2) is 11.1. The number of nitrogens with one attached hydrogen (secondary N) is 2. The molecule has 10 nitrogen and oxygen atoms in total. The van der Waals surface area contributed by atoms with Crippen LogP contribution in [0.1, 0.15) is 31.7 Å². The summed E-state index contributed by atoms with van der Waals surface area (Å²) in [5, 5.41) is 25.6. The molecule has 0 saturated carbocycles. The van der Waals surface area contributed by atoms with Crippen LogP contribution in [0.15, 0.2) is 42.9 Å². The minimum Gasteiger partial charge on any atom is -0.396 e. The van der Waals surface area contributed by atoms with Gasteiger partial charge in [-0.3, -0.25) is 15.2 Å². The van der Waals surface area contributed by atoms with Crippen molar-refractivity contribution < 1.29 is 15.0 Å². The van der Waals surface area contributed by atoms with Crippen molar-refractivity contribution in [2.45, 2.75) is 38.8 Å². The van der Waals surface area contributed by atoms with Gasteiger partial charge in [0, 0.05) is 62.3 Å². The highest BCUT2D eigenvalue weighted by Crippen LogP contribution is 2.38. The summed E-state index contributed by atoms with van der Waals surface area (Å²) in [5.74, 6) is 0.579. The Balaban J connectivity index is 1.54. The third kappa shape index (κ3) is 5.97. The maximum absolute atomic E-state index is 12.1. The standard InChI is InChI=1S/C27H31N7O3S/c1-3-28-25(36)33-26-32-22-12-18(19-13-30-23(5-9-35)31-14-19)11-20(24(22)38-26)21-10-17(4-7-29-21)15-34-8-6-27(2,37)16-34/h4,7,10-14,35,37H,3,5-6,8-9,15-16H2,1-2H3,(H2,28,32,33,36). The molecule has 0 radical (unpaired) electrons. The molecular weight excluding hydrogens is 502 g/mol. The van der Waals surface area contributed by atoms with Crippen LogP contribution in [0.25, 0.3) is 32.6 Å². The van der Waals surface area contributed by atoms with Gasteiger partial charge in [-0.25, -0.2) is 19.7 Å². The Bertz CT molecular complexity index is 1440. The lowest BCUT2D eigenvalue weighted by Gasteiger charge is -2.19. The van der Waals surface area contributed by atoms with Crippen LogP contribution in [0, 0.1) is 0 Å². The van der Waals surface area contributed by atoms with Crippen molar-refractivity contribution in [3.05, 3.63) is 54.2 Å². The van der Waals surface area contributed by atoms with E-state index in [4.69, 9.17) is 0 Å². The summed E-state index contributed by atoms with van der Waals surface area (Å²) in [5.41, 5.74) is 4.57. The van der Waals surface area contributed by atoms with Gasteiger partial charge < -0.3 is 15.5 Å². The molecular formula is C27H31N7O3S. The molecule has 38 heavy (non-hydrogen) atoms. The van der Waals surface area contributed by atoms with E-state index in [-0.39, 0.29) is 12.6 Å². The molecule has 3 aromatic heterocycles. The Labute approximate surface area is 224 Å². The number of benzene rings is 1. The molecule has 4 N–H and O–H groups in total. The van der Waals surface area contributed by atoms with Crippen LogP contribution in [-0.4, -0.2) is 72.9 Å². The number of hydrogen-bond donors (Lipinski definition) is 4. The van der Waals surface area contributed by atoms with Crippen LogP contribution >= 0.6 is 11.3 Å². The summed E-state index contributed by atoms with van der Waals surface area (Å²) >= 11 is 1.40. The van der Waals surface area contributed by atoms with E-state index in [1.54, 1.807) is 18.6 Å². The second-order valence-electron chi connectivity index (χ2n) is 9.74. The normalized spacial score (nSPS) is 17.7. The smallest absolute Gasteiger partial charge is 0.321 e. The molecule has 0 aliphatic carbocycles. The first-order valence-corrected chi connectivity index (χ1v) is 13.5. The van der Waals surface area contributed by atoms with Crippen molar-refractivity contribution in [2.24, 2.45) is 0 Å². The largest absolute Gasteiger partial charge is 0.396 e. The summed E-state index contributed by atoms with van der Waals surface area (Å²) in [6.07, 6.45) is 6.45. The van der Waals surface area contributed by atoms with E-state index >= 15 is 0 Å². The Morgan fingerprint density at radius 1 is 1.18 bits per heavy atom. The zero-order valence-corrected chi connectivity index (χ0v) is 22.3. The molecule has 1 saturated heterocycles. The highest BCUT2D eigenvalue weighted by Gasteiger charge is 2.31. The quantitative estimate of drug-likeness (QED) is 0.270. The highest BCUT2D eigenvalue weighted by atomic mass is 32.1. The van der Waals surface area contributed by atoms with Gasteiger partial charge in [0.25, 0.3) is 0 Å². The molecule has 1 aromatic carbocycles. The molecule has 1 fully saturated rings. The molecule has 11 heteroatoms. The number of carbonyl (C=O) groups is 1. The Morgan fingerprint density at radius 3 is 2.71 bits per heavy atom. The van der Waals surface area contributed by atoms with E-state index in [9.17, 15) is 15.0 Å². The number of carbonyl (C=O) groups excluding carboxylic acids is 1. The lowest BCUT2D eigenvalue weighted by atomic mass is 10.0. The van der Waals surface area contributed by atoms with Crippen LogP contribution < -0.4 is 10.6 Å². The number of nitrogens with zero attached hydrogens (tertiary/aromatic N) is 5. The van der Waals surface area contributed by atoms with E-state index in [1.165, 1.54) is 11.3 Å². The SMILES string of the molecule is CCNC(=O)Nc1nc2cc(-c3cnc(CCO)nc3)cc(-c3cc(CN4CCC(C)(O)C4)ccn3)c2s1. The maximum Gasteiger partial charge on any atom is 0.321 e. The predicted molar refractivity (Wildman–Crippen MR) is 148 cm³/mol. The number of fused-ring (bicyclic) bond motifs is 1. The lowest BCUT2D eigenvalue weighted by Crippen LogP contribution is -2.29. The fraction of sp³-hybridized carbons (Fsp3) is 0.370. The van der Waals surface area contributed by atoms with E-state index in [2.05, 4.69) is 41.5 Å². The number of pyridine rings is 1. The molecule has 198 valence electrons. The number of anilines is 1. The first-order valence-electron chi connectivity index (χ1n) is 12.6. The number of thiazole rings is 1. The number of urea groups is 1. The van der Waals surface area contributed by atoms with Gasteiger partial charge in [0.2, 0.25) is 0 Å². The van der Waals surface area contributed by atoms with E-state index < -0.39 is 5.60 Å². The summed E-state index contributed by atoms with van der Waals surface area (Å²) < 4.78 is 0.909. The topological polar surface area (TPSA) is 136 Å². The van der Waals surface area contributed by atoms with Crippen LogP contribution in [0.3, 0.4) is 0 Å². The second-order valence-corrected chi connectivity index (χ2v) is 10.7. The zero-order valence-electron chi connectivity index (χ0n) is 21.4. The van der Waals surface area contributed by atoms with Gasteiger partial charge in [-0.15, -0.1) is 0 Å². The van der Waals surface area contributed by atoms with Crippen molar-refractivity contribution in [2.75, 3.05) is 31.6 Å². The third-order valence-corrected chi connectivity index (χ3v) is 7.48. The number of rotatable bonds is 8. The zero-order chi connectivity index (χ0) is 26.7. The first-order chi connectivity index (χ1) is 18.3. The van der Waals surface area contributed by atoms with E-state index in [1.807, 2.05) is 32.0 Å². The summed E-state index contributed by atoms with van der Waals surface area (Å²) in [6, 6.07) is 7.78. The minimum absolute atomic E-state index is 0.00729. The highest BCUT2D eigenvalue weighted by molar-refractivity contribution is 7.22. The molecule has 5 rings (SSSR count). The number of amides is 2. The molecule has 1 atom stereocenters. The van der Waals surface area contributed by atoms with Crippen LogP contribution in [0.5, 0.6) is 0 Å². The van der Waals surface area contributed by atoms with E-state index in [0.29, 0.717) is 30.5 Å². The van der Waals surface area contributed by atoms with E-state index in [0.717, 1.165) is 57.7 Å². The van der Waals surface area contributed by atoms with Gasteiger partial charge in [-0.1, -0.05) is 11.3 Å². The van der Waals surface area contributed by atoms with Crippen molar-refractivity contribution in [3.63, 3.8) is 0 Å². The Morgan fingerprint density at radius 2 is 2.00 bits per heavy atom. The fourth-order valence-corrected chi connectivity index (χ4v) is 5.59. The van der Waals surface area contributed by atoms with Crippen LogP contribution in [0.4, 0.5) is 9.93 Å². The monoisotopic (exact) mass is 533 g/mol. The molecule has 0 spiro atoms. The molecule has 0 bridgehead atoms. The van der Waals surface area contributed by atoms with Crippen molar-refractivity contribution in [1.29, 1.82) is 0 Å². The number of likely N-dealkylation sites (tertiary alicyclic amines) is 1. The average Bonchev–Trinajstić information content (AvgIpc) is 3.45. The Kier molecular flexibility index (Phi) is 7.61. The van der Waals surface area contributed by atoms with Crippen LogP contribution in [0.2, 0.25) is 0 Å². The predicted octanol–water partition coefficient (Wildman–Crippen LogP) is 3.45. The van der Waals surface area contributed by atoms with Crippen molar-refractivity contribution in [3.8, 4) is 22.4 Å². The number of aliphatic hydroxyl groups excluding tert-OH is 1. The minimum atomic E-state index is -0.652. The molecule has 2 amide bonds. The number of aromatic nitrogens is 4. The maximum atomic E-state index is 12.1. The molecule has 1 unspecified atom stereocenters. The van der Waals surface area contributed by atoms with Gasteiger partial charge in [0.15, 0.2) is 5.13 Å². The fourth-order valence-electron chi connectivity index (χ4n) is 4.63. The number of β-amino-alcohol motifs (C(OH)–C–C–N with tert-alkyl or cyclic N) is 1. The molecule has 1 aliphatic rings. The average molecular weight is 534 g/mol. The Hall–Kier alpha value is -3.51. The van der Waals surface area contributed by atoms with Gasteiger partial charge in [-0.05, 0) is 55.7 Å². The summed E-state index contributed by atoms with van der Waals surface area (Å²) in [6.45, 7) is 6.46. The lowest BCUT2D eigenvalue weighted by molar-refractivity contribution is 0.0679. The summed E-state index contributed by atoms with van der Waals surface area (Å²) in [4.78, 5) is 32.5. The first kappa shape index (κ1) is 26.1. The van der Waals surface area contributed by atoms with Gasteiger partial charge in [0.05, 0.1) is 28.1 Å². The van der Waals surface area contributed by atoms with Crippen LogP contribution in [-0.2, 0) is 13.0 Å². The van der Waals surface area contributed by atoms with Crippen molar-refractivity contribution in [1.82, 2.24) is 30.2 Å². The molecule has 4 heterocycles. The molecule has 1 aliphatic heterocycles. The number of aliphatic hydroxyl groups is 2. The molecule has 4 aromatic rings. The van der Waals surface area contributed by atoms with Crippen molar-refractivity contribution >= 4 is 32.7 Å². The summed E-state index contributed by atoms with van der Waals surface area (Å²) in [7, 11) is 0. The number of hydrogen-bond acceptors (Lipinski definition) is 9. The van der Waals surface area contributed by atoms with Gasteiger partial charge in [0.1, 0.15) is 5.82 Å².